The number of para-hydroxylation sites is 1. The quantitative estimate of drug-likeness (QED) is 0.788. The van der Waals surface area contributed by atoms with Gasteiger partial charge < -0.3 is 5.32 Å². The number of nitrogens with zero attached hydrogens (tertiary/aromatic N) is 1. The lowest BCUT2D eigenvalue weighted by Crippen LogP contribution is -2.36. The van der Waals surface area contributed by atoms with Gasteiger partial charge in [-0.3, -0.25) is 19.3 Å². The number of aryl methyl sites for hydroxylation is 2. The van der Waals surface area contributed by atoms with Gasteiger partial charge in [0.25, 0.3) is 11.1 Å². The maximum atomic E-state index is 12.5. The third-order valence-corrected chi connectivity index (χ3v) is 5.19. The Balaban J connectivity index is 1.69. The first kappa shape index (κ1) is 18.9. The summed E-state index contributed by atoms with van der Waals surface area (Å²) in [5.74, 6) is -0.843. The van der Waals surface area contributed by atoms with Gasteiger partial charge in [-0.15, -0.1) is 0 Å². The van der Waals surface area contributed by atoms with E-state index in [4.69, 9.17) is 0 Å². The molecule has 3 amide bonds. The number of nitrogens with one attached hydrogen (secondary N) is 1. The van der Waals surface area contributed by atoms with Gasteiger partial charge in [0.2, 0.25) is 5.91 Å². The maximum Gasteiger partial charge on any atom is 0.294 e. The molecular weight excluding hydrogens is 360 g/mol. The molecule has 0 spiro atoms. The van der Waals surface area contributed by atoms with Gasteiger partial charge in [0.05, 0.1) is 4.91 Å². The van der Waals surface area contributed by atoms with E-state index in [1.165, 1.54) is 5.56 Å². The van der Waals surface area contributed by atoms with Crippen molar-refractivity contribution in [2.45, 2.75) is 20.3 Å². The molecule has 0 atom stereocenters. The Hall–Kier alpha value is -2.86. The van der Waals surface area contributed by atoms with Crippen molar-refractivity contribution in [2.24, 2.45) is 0 Å². The molecule has 3 rings (SSSR count). The van der Waals surface area contributed by atoms with E-state index < -0.39 is 17.1 Å². The Kier molecular flexibility index (Phi) is 5.76. The second-order valence-electron chi connectivity index (χ2n) is 6.23. The van der Waals surface area contributed by atoms with Gasteiger partial charge in [0.15, 0.2) is 0 Å². The van der Waals surface area contributed by atoms with Crippen molar-refractivity contribution in [1.82, 2.24) is 4.90 Å². The molecule has 1 saturated heterocycles. The smallest absolute Gasteiger partial charge is 0.294 e. The van der Waals surface area contributed by atoms with Gasteiger partial charge in [0.1, 0.15) is 6.54 Å². The van der Waals surface area contributed by atoms with Gasteiger partial charge in [-0.25, -0.2) is 0 Å². The van der Waals surface area contributed by atoms with E-state index >= 15 is 0 Å². The Morgan fingerprint density at radius 1 is 1.11 bits per heavy atom. The SMILES string of the molecule is CCc1ccc(/C=C2\SC(=O)N(CC(=O)Nc3ccccc3C)C2=O)cc1. The molecule has 27 heavy (non-hydrogen) atoms. The average molecular weight is 380 g/mol. The van der Waals surface area contributed by atoms with Crippen molar-refractivity contribution in [3.63, 3.8) is 0 Å². The number of hydrogen-bond donors (Lipinski definition) is 1. The van der Waals surface area contributed by atoms with E-state index in [2.05, 4.69) is 12.2 Å². The lowest BCUT2D eigenvalue weighted by Gasteiger charge is -2.13. The van der Waals surface area contributed by atoms with Crippen molar-refractivity contribution in [3.05, 3.63) is 70.1 Å². The van der Waals surface area contributed by atoms with Gasteiger partial charge in [-0.2, -0.15) is 0 Å². The summed E-state index contributed by atoms with van der Waals surface area (Å²) >= 11 is 0.857. The van der Waals surface area contributed by atoms with Gasteiger partial charge in [-0.05, 0) is 53.9 Å². The highest BCUT2D eigenvalue weighted by molar-refractivity contribution is 8.18. The van der Waals surface area contributed by atoms with Crippen molar-refractivity contribution in [3.8, 4) is 0 Å². The zero-order valence-electron chi connectivity index (χ0n) is 15.2. The summed E-state index contributed by atoms with van der Waals surface area (Å²) < 4.78 is 0. The molecule has 1 heterocycles. The zero-order chi connectivity index (χ0) is 19.4. The van der Waals surface area contributed by atoms with E-state index in [1.54, 1.807) is 12.1 Å². The second-order valence-corrected chi connectivity index (χ2v) is 7.22. The van der Waals surface area contributed by atoms with Crippen LogP contribution in [-0.4, -0.2) is 28.5 Å². The topological polar surface area (TPSA) is 66.5 Å². The fraction of sp³-hybridized carbons (Fsp3) is 0.190. The molecule has 0 radical (unpaired) electrons. The number of benzene rings is 2. The predicted octanol–water partition coefficient (Wildman–Crippen LogP) is 4.23. The highest BCUT2D eigenvalue weighted by Gasteiger charge is 2.36. The van der Waals surface area contributed by atoms with E-state index in [0.717, 1.165) is 34.2 Å². The third kappa shape index (κ3) is 4.46. The first-order valence-corrected chi connectivity index (χ1v) is 9.49. The summed E-state index contributed by atoms with van der Waals surface area (Å²) in [6, 6.07) is 15.2. The predicted molar refractivity (Wildman–Crippen MR) is 108 cm³/mol. The van der Waals surface area contributed by atoms with Crippen molar-refractivity contribution >= 4 is 40.6 Å². The zero-order valence-corrected chi connectivity index (χ0v) is 16.0. The van der Waals surface area contributed by atoms with Crippen LogP contribution in [0.25, 0.3) is 6.08 Å². The Labute approximate surface area is 162 Å². The maximum absolute atomic E-state index is 12.5. The van der Waals surface area contributed by atoms with Crippen LogP contribution in [0.15, 0.2) is 53.4 Å². The van der Waals surface area contributed by atoms with Crippen LogP contribution in [0, 0.1) is 6.92 Å². The molecule has 0 aromatic heterocycles. The van der Waals surface area contributed by atoms with E-state index in [-0.39, 0.29) is 6.54 Å². The minimum Gasteiger partial charge on any atom is -0.324 e. The fourth-order valence-corrected chi connectivity index (χ4v) is 3.52. The number of rotatable bonds is 5. The molecule has 1 aliphatic heterocycles. The molecule has 1 N–H and O–H groups in total. The number of hydrogen-bond acceptors (Lipinski definition) is 4. The minimum absolute atomic E-state index is 0.300. The minimum atomic E-state index is -0.440. The molecule has 2 aromatic rings. The molecule has 5 nitrogen and oxygen atoms in total. The molecule has 0 saturated carbocycles. The highest BCUT2D eigenvalue weighted by Crippen LogP contribution is 2.32. The van der Waals surface area contributed by atoms with Crippen LogP contribution in [0.5, 0.6) is 0 Å². The first-order chi connectivity index (χ1) is 13.0. The molecule has 0 unspecified atom stereocenters. The Morgan fingerprint density at radius 2 is 1.81 bits per heavy atom. The standard InChI is InChI=1S/C21H20N2O3S/c1-3-15-8-10-16(11-9-15)12-18-20(25)23(21(26)27-18)13-19(24)22-17-7-5-4-6-14(17)2/h4-12H,3,13H2,1-2H3,(H,22,24)/b18-12-. The first-order valence-electron chi connectivity index (χ1n) is 8.67. The van der Waals surface area contributed by atoms with Crippen molar-refractivity contribution < 1.29 is 14.4 Å². The lowest BCUT2D eigenvalue weighted by atomic mass is 10.1. The molecule has 6 heteroatoms. The van der Waals surface area contributed by atoms with Crippen LogP contribution < -0.4 is 5.32 Å². The molecule has 1 aliphatic rings. The van der Waals surface area contributed by atoms with E-state index in [9.17, 15) is 14.4 Å². The molecule has 0 bridgehead atoms. The van der Waals surface area contributed by atoms with Crippen LogP contribution in [0.1, 0.15) is 23.6 Å². The van der Waals surface area contributed by atoms with Crippen molar-refractivity contribution in [1.29, 1.82) is 0 Å². The Morgan fingerprint density at radius 3 is 2.48 bits per heavy atom. The van der Waals surface area contributed by atoms with Crippen molar-refractivity contribution in [2.75, 3.05) is 11.9 Å². The number of amides is 3. The van der Waals surface area contributed by atoms with E-state index in [0.29, 0.717) is 10.6 Å². The fourth-order valence-electron chi connectivity index (χ4n) is 2.68. The highest BCUT2D eigenvalue weighted by atomic mass is 32.2. The number of carbonyl (C=O) groups excluding carboxylic acids is 3. The summed E-state index contributed by atoms with van der Waals surface area (Å²) in [4.78, 5) is 38.3. The van der Waals surface area contributed by atoms with Crippen LogP contribution in [0.4, 0.5) is 10.5 Å². The molecular formula is C21H20N2O3S. The summed E-state index contributed by atoms with van der Waals surface area (Å²) in [6.45, 7) is 3.65. The van der Waals surface area contributed by atoms with Crippen LogP contribution >= 0.6 is 11.8 Å². The van der Waals surface area contributed by atoms with E-state index in [1.807, 2.05) is 49.4 Å². The normalized spacial score (nSPS) is 15.5. The van der Waals surface area contributed by atoms with Gasteiger partial charge in [-0.1, -0.05) is 49.4 Å². The molecule has 0 aliphatic carbocycles. The van der Waals surface area contributed by atoms with Gasteiger partial charge >= 0.3 is 0 Å². The third-order valence-electron chi connectivity index (χ3n) is 4.28. The largest absolute Gasteiger partial charge is 0.324 e. The summed E-state index contributed by atoms with van der Waals surface area (Å²) in [5, 5.41) is 2.31. The van der Waals surface area contributed by atoms with Gasteiger partial charge in [0, 0.05) is 5.69 Å². The number of imide groups is 1. The number of anilines is 1. The number of carbonyl (C=O) groups is 3. The molecule has 2 aromatic carbocycles. The summed E-state index contributed by atoms with van der Waals surface area (Å²) in [7, 11) is 0. The summed E-state index contributed by atoms with van der Waals surface area (Å²) in [6.07, 6.45) is 2.62. The van der Waals surface area contributed by atoms with Crippen LogP contribution in [-0.2, 0) is 16.0 Å². The lowest BCUT2D eigenvalue weighted by molar-refractivity contribution is -0.127. The Bertz CT molecular complexity index is 919. The molecule has 138 valence electrons. The second kappa shape index (κ2) is 8.22. The summed E-state index contributed by atoms with van der Waals surface area (Å²) in [5.41, 5.74) is 3.63. The number of thioether (sulfide) groups is 1. The molecule has 1 fully saturated rings. The average Bonchev–Trinajstić information content (AvgIpc) is 2.91. The van der Waals surface area contributed by atoms with Crippen LogP contribution in [0.3, 0.4) is 0 Å². The van der Waals surface area contributed by atoms with Crippen LogP contribution in [0.2, 0.25) is 0 Å². The monoisotopic (exact) mass is 380 g/mol.